The molecular weight excluding hydrogens is 240 g/mol. The van der Waals surface area contributed by atoms with E-state index in [2.05, 4.69) is 5.32 Å². The molecule has 0 unspecified atom stereocenters. The van der Waals surface area contributed by atoms with Gasteiger partial charge in [-0.15, -0.1) is 0 Å². The average molecular weight is 256 g/mol. The molecule has 0 saturated carbocycles. The Morgan fingerprint density at radius 2 is 1.95 bits per heavy atom. The Morgan fingerprint density at radius 1 is 1.26 bits per heavy atom. The lowest BCUT2D eigenvalue weighted by Gasteiger charge is -2.07. The van der Waals surface area contributed by atoms with Crippen molar-refractivity contribution in [1.29, 1.82) is 0 Å². The minimum atomic E-state index is -0.131. The highest BCUT2D eigenvalue weighted by atomic mass is 16.5. The number of aromatic nitrogens is 1. The second-order valence-corrected chi connectivity index (χ2v) is 4.63. The van der Waals surface area contributed by atoms with Crippen LogP contribution < -0.4 is 10.0 Å². The molecule has 0 aliphatic carbocycles. The van der Waals surface area contributed by atoms with Crippen LogP contribution in [0.25, 0.3) is 0 Å². The topological polar surface area (TPSA) is 56.0 Å². The lowest BCUT2D eigenvalue weighted by molar-refractivity contribution is -0.605. The van der Waals surface area contributed by atoms with Crippen LogP contribution in [-0.2, 0) is 6.54 Å². The third-order valence-corrected chi connectivity index (χ3v) is 2.77. The zero-order valence-corrected chi connectivity index (χ0v) is 11.0. The van der Waals surface area contributed by atoms with Gasteiger partial charge in [-0.25, -0.2) is 0 Å². The quantitative estimate of drug-likeness (QED) is 0.673. The molecule has 1 aromatic heterocycles. The van der Waals surface area contributed by atoms with Gasteiger partial charge in [-0.1, -0.05) is 17.2 Å². The van der Waals surface area contributed by atoms with Gasteiger partial charge in [0.1, 0.15) is 0 Å². The maximum Gasteiger partial charge on any atom is 0.251 e. The SMILES string of the molecule is Cc1cc(C)cc(C(=O)NCc2ccc[n+]([O-])c2)c1. The number of rotatable bonds is 3. The summed E-state index contributed by atoms with van der Waals surface area (Å²) in [5.41, 5.74) is 3.53. The fourth-order valence-electron chi connectivity index (χ4n) is 2.00. The van der Waals surface area contributed by atoms with Gasteiger partial charge in [0.2, 0.25) is 0 Å². The first-order valence-corrected chi connectivity index (χ1v) is 6.09. The van der Waals surface area contributed by atoms with Crippen molar-refractivity contribution in [3.63, 3.8) is 0 Å². The van der Waals surface area contributed by atoms with E-state index in [-0.39, 0.29) is 5.91 Å². The van der Waals surface area contributed by atoms with E-state index in [1.807, 2.05) is 32.0 Å². The van der Waals surface area contributed by atoms with Crippen LogP contribution in [0.3, 0.4) is 0 Å². The smallest absolute Gasteiger partial charge is 0.251 e. The summed E-state index contributed by atoms with van der Waals surface area (Å²) >= 11 is 0. The van der Waals surface area contributed by atoms with E-state index in [0.29, 0.717) is 12.1 Å². The first kappa shape index (κ1) is 13.1. The predicted octanol–water partition coefficient (Wildman–Crippen LogP) is 1.87. The third kappa shape index (κ3) is 3.55. The van der Waals surface area contributed by atoms with Gasteiger partial charge >= 0.3 is 0 Å². The van der Waals surface area contributed by atoms with Crippen LogP contribution in [0.1, 0.15) is 27.0 Å². The molecule has 0 radical (unpaired) electrons. The van der Waals surface area contributed by atoms with Crippen molar-refractivity contribution in [3.8, 4) is 0 Å². The lowest BCUT2D eigenvalue weighted by Crippen LogP contribution is -2.28. The van der Waals surface area contributed by atoms with Crippen LogP contribution >= 0.6 is 0 Å². The fourth-order valence-corrected chi connectivity index (χ4v) is 2.00. The molecule has 2 rings (SSSR count). The van der Waals surface area contributed by atoms with Gasteiger partial charge in [0, 0.05) is 23.7 Å². The third-order valence-electron chi connectivity index (χ3n) is 2.77. The summed E-state index contributed by atoms with van der Waals surface area (Å²) in [5, 5.41) is 13.9. The molecule has 4 heteroatoms. The number of carbonyl (C=O) groups excluding carboxylic acids is 1. The normalized spacial score (nSPS) is 10.2. The van der Waals surface area contributed by atoms with Crippen molar-refractivity contribution in [2.45, 2.75) is 20.4 Å². The van der Waals surface area contributed by atoms with E-state index >= 15 is 0 Å². The van der Waals surface area contributed by atoms with E-state index < -0.39 is 0 Å². The summed E-state index contributed by atoms with van der Waals surface area (Å²) in [6.45, 7) is 4.26. The van der Waals surface area contributed by atoms with Crippen LogP contribution in [0.15, 0.2) is 42.7 Å². The van der Waals surface area contributed by atoms with Gasteiger partial charge in [-0.05, 0) is 32.0 Å². The van der Waals surface area contributed by atoms with Crippen molar-refractivity contribution in [3.05, 3.63) is 70.2 Å². The number of amides is 1. The van der Waals surface area contributed by atoms with Crippen molar-refractivity contribution >= 4 is 5.91 Å². The molecular formula is C15H16N2O2. The Hall–Kier alpha value is -2.36. The summed E-state index contributed by atoms with van der Waals surface area (Å²) in [6, 6.07) is 9.18. The molecule has 0 bridgehead atoms. The number of aryl methyl sites for hydroxylation is 2. The van der Waals surface area contributed by atoms with Gasteiger partial charge < -0.3 is 10.5 Å². The predicted molar refractivity (Wildman–Crippen MR) is 72.5 cm³/mol. The monoisotopic (exact) mass is 256 g/mol. The molecule has 0 fully saturated rings. The maximum atomic E-state index is 12.0. The fraction of sp³-hybridized carbons (Fsp3) is 0.200. The molecule has 1 N–H and O–H groups in total. The van der Waals surface area contributed by atoms with E-state index in [0.717, 1.165) is 21.4 Å². The van der Waals surface area contributed by atoms with Crippen LogP contribution in [0.4, 0.5) is 0 Å². The largest absolute Gasteiger partial charge is 0.619 e. The van der Waals surface area contributed by atoms with Crippen molar-refractivity contribution in [1.82, 2.24) is 5.32 Å². The molecule has 1 heterocycles. The lowest BCUT2D eigenvalue weighted by atomic mass is 10.1. The van der Waals surface area contributed by atoms with Crippen LogP contribution in [0.5, 0.6) is 0 Å². The summed E-state index contributed by atoms with van der Waals surface area (Å²) in [6.07, 6.45) is 2.86. The summed E-state index contributed by atoms with van der Waals surface area (Å²) in [7, 11) is 0. The summed E-state index contributed by atoms with van der Waals surface area (Å²) in [5.74, 6) is -0.131. The van der Waals surface area contributed by atoms with Gasteiger partial charge in [0.25, 0.3) is 5.91 Å². The zero-order valence-electron chi connectivity index (χ0n) is 11.0. The molecule has 0 aliphatic rings. The first-order valence-electron chi connectivity index (χ1n) is 6.09. The van der Waals surface area contributed by atoms with E-state index in [1.54, 1.807) is 12.1 Å². The maximum absolute atomic E-state index is 12.0. The zero-order chi connectivity index (χ0) is 13.8. The average Bonchev–Trinajstić information content (AvgIpc) is 2.35. The van der Waals surface area contributed by atoms with E-state index in [1.165, 1.54) is 12.4 Å². The molecule has 19 heavy (non-hydrogen) atoms. The molecule has 1 amide bonds. The molecule has 0 atom stereocenters. The standard InChI is InChI=1S/C15H16N2O2/c1-11-6-12(2)8-14(7-11)15(18)16-9-13-4-3-5-17(19)10-13/h3-8,10H,9H2,1-2H3,(H,16,18). The number of nitrogens with one attached hydrogen (secondary N) is 1. The van der Waals surface area contributed by atoms with Gasteiger partial charge in [0.05, 0.1) is 0 Å². The highest BCUT2D eigenvalue weighted by Gasteiger charge is 2.07. The molecule has 2 aromatic rings. The molecule has 98 valence electrons. The minimum absolute atomic E-state index is 0.131. The molecule has 4 nitrogen and oxygen atoms in total. The number of hydrogen-bond donors (Lipinski definition) is 1. The molecule has 0 aliphatic heterocycles. The number of pyridine rings is 1. The van der Waals surface area contributed by atoms with Crippen LogP contribution in [0.2, 0.25) is 0 Å². The van der Waals surface area contributed by atoms with Crippen LogP contribution in [0, 0.1) is 19.1 Å². The van der Waals surface area contributed by atoms with Gasteiger partial charge in [-0.2, -0.15) is 4.73 Å². The van der Waals surface area contributed by atoms with Gasteiger partial charge in [0.15, 0.2) is 12.4 Å². The Kier molecular flexibility index (Phi) is 3.80. The molecule has 0 saturated heterocycles. The van der Waals surface area contributed by atoms with E-state index in [4.69, 9.17) is 0 Å². The van der Waals surface area contributed by atoms with Gasteiger partial charge in [-0.3, -0.25) is 4.79 Å². The summed E-state index contributed by atoms with van der Waals surface area (Å²) < 4.78 is 0.721. The second-order valence-electron chi connectivity index (χ2n) is 4.63. The van der Waals surface area contributed by atoms with Crippen molar-refractivity contribution in [2.24, 2.45) is 0 Å². The highest BCUT2D eigenvalue weighted by Crippen LogP contribution is 2.09. The summed E-state index contributed by atoms with van der Waals surface area (Å²) in [4.78, 5) is 12.0. The minimum Gasteiger partial charge on any atom is -0.619 e. The Morgan fingerprint density at radius 3 is 2.58 bits per heavy atom. The van der Waals surface area contributed by atoms with Crippen molar-refractivity contribution in [2.75, 3.05) is 0 Å². The Balaban J connectivity index is 2.05. The van der Waals surface area contributed by atoms with E-state index in [9.17, 15) is 10.0 Å². The molecule has 0 spiro atoms. The number of hydrogen-bond acceptors (Lipinski definition) is 2. The number of benzene rings is 1. The van der Waals surface area contributed by atoms with Crippen molar-refractivity contribution < 1.29 is 9.52 Å². The Bertz CT molecular complexity index is 589. The second kappa shape index (κ2) is 5.52. The Labute approximate surface area is 112 Å². The first-order chi connectivity index (χ1) is 9.04. The number of carbonyl (C=O) groups is 1. The molecule has 1 aromatic carbocycles. The highest BCUT2D eigenvalue weighted by molar-refractivity contribution is 5.94. The number of nitrogens with zero attached hydrogens (tertiary/aromatic N) is 1. The van der Waals surface area contributed by atoms with Crippen LogP contribution in [-0.4, -0.2) is 5.91 Å².